The zero-order chi connectivity index (χ0) is 18.0. The van der Waals surface area contributed by atoms with Crippen molar-refractivity contribution in [2.45, 2.75) is 6.61 Å². The molecule has 2 aromatic rings. The van der Waals surface area contributed by atoms with Crippen LogP contribution in [0.25, 0.3) is 6.08 Å². The molecule has 0 radical (unpaired) electrons. The second kappa shape index (κ2) is 7.59. The molecular weight excluding hydrogens is 433 g/mol. The predicted molar refractivity (Wildman–Crippen MR) is 99.0 cm³/mol. The lowest BCUT2D eigenvalue weighted by atomic mass is 10.1. The van der Waals surface area contributed by atoms with Gasteiger partial charge in [0, 0.05) is 15.6 Å². The van der Waals surface area contributed by atoms with E-state index >= 15 is 0 Å². The van der Waals surface area contributed by atoms with E-state index in [0.29, 0.717) is 11.3 Å². The number of halogens is 3. The fraction of sp³-hybridized carbons (Fsp3) is 0.0588. The third-order valence-electron chi connectivity index (χ3n) is 3.33. The van der Waals surface area contributed by atoms with Gasteiger partial charge in [0.15, 0.2) is 0 Å². The van der Waals surface area contributed by atoms with Crippen LogP contribution in [0.1, 0.15) is 11.1 Å². The number of nitrogens with one attached hydrogen (secondary N) is 1. The average Bonchev–Trinajstić information content (AvgIpc) is 2.86. The molecule has 8 heteroatoms. The van der Waals surface area contributed by atoms with Crippen LogP contribution in [0.15, 0.2) is 45.8 Å². The number of carbonyl (C=O) groups excluding carboxylic acids is 2. The van der Waals surface area contributed by atoms with Crippen molar-refractivity contribution in [2.75, 3.05) is 0 Å². The number of imide groups is 1. The molecular formula is C17H10BrClFNO3S. The van der Waals surface area contributed by atoms with Crippen LogP contribution in [-0.4, -0.2) is 11.1 Å². The van der Waals surface area contributed by atoms with E-state index in [2.05, 4.69) is 21.2 Å². The highest BCUT2D eigenvalue weighted by Crippen LogP contribution is 2.32. The Bertz CT molecular complexity index is 883. The van der Waals surface area contributed by atoms with Crippen LogP contribution in [0.3, 0.4) is 0 Å². The molecule has 0 bridgehead atoms. The summed E-state index contributed by atoms with van der Waals surface area (Å²) in [7, 11) is 0. The summed E-state index contributed by atoms with van der Waals surface area (Å²) in [6.45, 7) is -0.0679. The van der Waals surface area contributed by atoms with Crippen molar-refractivity contribution in [3.63, 3.8) is 0 Å². The molecule has 0 unspecified atom stereocenters. The highest BCUT2D eigenvalue weighted by Gasteiger charge is 2.25. The Labute approximate surface area is 160 Å². The van der Waals surface area contributed by atoms with Gasteiger partial charge in [-0.2, -0.15) is 0 Å². The van der Waals surface area contributed by atoms with Gasteiger partial charge in [0.05, 0.1) is 9.93 Å². The van der Waals surface area contributed by atoms with Crippen molar-refractivity contribution >= 4 is 56.5 Å². The molecule has 1 fully saturated rings. The van der Waals surface area contributed by atoms with E-state index in [1.165, 1.54) is 12.1 Å². The van der Waals surface area contributed by atoms with Crippen LogP contribution in [0.5, 0.6) is 5.75 Å². The maximum absolute atomic E-state index is 13.9. The number of hydrogen-bond acceptors (Lipinski definition) is 4. The van der Waals surface area contributed by atoms with Gasteiger partial charge in [0.25, 0.3) is 11.1 Å². The number of thioether (sulfide) groups is 1. The predicted octanol–water partition coefficient (Wildman–Crippen LogP) is 5.14. The number of amides is 2. The monoisotopic (exact) mass is 441 g/mol. The third-order valence-corrected chi connectivity index (χ3v) is 4.99. The molecule has 1 aliphatic rings. The fourth-order valence-corrected chi connectivity index (χ4v) is 3.42. The largest absolute Gasteiger partial charge is 0.488 e. The van der Waals surface area contributed by atoms with Crippen LogP contribution in [-0.2, 0) is 11.4 Å². The van der Waals surface area contributed by atoms with Crippen molar-refractivity contribution < 1.29 is 18.7 Å². The average molecular weight is 443 g/mol. The highest BCUT2D eigenvalue weighted by atomic mass is 79.9. The zero-order valence-electron chi connectivity index (χ0n) is 12.5. The summed E-state index contributed by atoms with van der Waals surface area (Å²) in [6, 6.07) is 9.59. The molecule has 2 amide bonds. The maximum Gasteiger partial charge on any atom is 0.290 e. The second-order valence-electron chi connectivity index (χ2n) is 5.02. The first-order chi connectivity index (χ1) is 11.9. The molecule has 4 nitrogen and oxygen atoms in total. The fourth-order valence-electron chi connectivity index (χ4n) is 2.15. The van der Waals surface area contributed by atoms with E-state index in [-0.39, 0.29) is 22.1 Å². The molecule has 1 aliphatic heterocycles. The van der Waals surface area contributed by atoms with Gasteiger partial charge in [-0.05, 0) is 48.2 Å². The molecule has 1 heterocycles. The van der Waals surface area contributed by atoms with Gasteiger partial charge in [0.2, 0.25) is 0 Å². The van der Waals surface area contributed by atoms with Crippen molar-refractivity contribution in [1.29, 1.82) is 0 Å². The lowest BCUT2D eigenvalue weighted by Gasteiger charge is -2.12. The first kappa shape index (κ1) is 18.0. The van der Waals surface area contributed by atoms with Gasteiger partial charge in [-0.15, -0.1) is 0 Å². The molecule has 25 heavy (non-hydrogen) atoms. The van der Waals surface area contributed by atoms with E-state index in [9.17, 15) is 14.0 Å². The van der Waals surface area contributed by atoms with Gasteiger partial charge in [0.1, 0.15) is 18.2 Å². The summed E-state index contributed by atoms with van der Waals surface area (Å²) in [6.07, 6.45) is 1.55. The maximum atomic E-state index is 13.9. The van der Waals surface area contributed by atoms with Crippen LogP contribution in [0.2, 0.25) is 5.02 Å². The number of ether oxygens (including phenoxy) is 1. The summed E-state index contributed by atoms with van der Waals surface area (Å²) in [4.78, 5) is 23.3. The minimum atomic E-state index is -0.460. The molecule has 0 spiro atoms. The quantitative estimate of drug-likeness (QED) is 0.666. The summed E-state index contributed by atoms with van der Waals surface area (Å²) < 4.78 is 20.3. The van der Waals surface area contributed by atoms with Gasteiger partial charge in [-0.1, -0.05) is 33.6 Å². The molecule has 1 N–H and O–H groups in total. The Kier molecular flexibility index (Phi) is 5.46. The highest BCUT2D eigenvalue weighted by molar-refractivity contribution is 9.10. The zero-order valence-corrected chi connectivity index (χ0v) is 15.7. The minimum absolute atomic E-state index is 0.0679. The molecule has 2 aromatic carbocycles. The van der Waals surface area contributed by atoms with E-state index in [1.807, 2.05) is 0 Å². The van der Waals surface area contributed by atoms with Crippen molar-refractivity contribution in [3.05, 3.63) is 67.7 Å². The SMILES string of the molecule is O=C1NC(=O)/C(=C/c2cc(Br)ccc2OCc2c(F)cccc2Cl)S1. The summed E-state index contributed by atoms with van der Waals surface area (Å²) in [5.41, 5.74) is 0.822. The van der Waals surface area contributed by atoms with E-state index in [1.54, 1.807) is 30.3 Å². The third kappa shape index (κ3) is 4.23. The normalized spacial score (nSPS) is 15.6. The standard InChI is InChI=1S/C17H10BrClFNO3S/c18-10-4-5-14(24-8-11-12(19)2-1-3-13(11)20)9(6-10)7-15-16(22)21-17(23)25-15/h1-7H,8H2,(H,21,22,23)/b15-7-. The Balaban J connectivity index is 1.88. The molecule has 128 valence electrons. The minimum Gasteiger partial charge on any atom is -0.488 e. The topological polar surface area (TPSA) is 55.4 Å². The van der Waals surface area contributed by atoms with Crippen molar-refractivity contribution in [3.8, 4) is 5.75 Å². The van der Waals surface area contributed by atoms with Gasteiger partial charge >= 0.3 is 0 Å². The summed E-state index contributed by atoms with van der Waals surface area (Å²) >= 11 is 10.2. The van der Waals surface area contributed by atoms with E-state index in [0.717, 1.165) is 16.2 Å². The second-order valence-corrected chi connectivity index (χ2v) is 7.36. The van der Waals surface area contributed by atoms with E-state index < -0.39 is 17.0 Å². The molecule has 0 aliphatic carbocycles. The molecule has 3 rings (SSSR count). The summed E-state index contributed by atoms with van der Waals surface area (Å²) in [5, 5.41) is 2.04. The smallest absolute Gasteiger partial charge is 0.290 e. The Morgan fingerprint density at radius 3 is 2.76 bits per heavy atom. The van der Waals surface area contributed by atoms with Gasteiger partial charge in [-0.25, -0.2) is 4.39 Å². The number of benzene rings is 2. The van der Waals surface area contributed by atoms with Crippen LogP contribution >= 0.6 is 39.3 Å². The van der Waals surface area contributed by atoms with Gasteiger partial charge in [-0.3, -0.25) is 14.9 Å². The Morgan fingerprint density at radius 2 is 2.08 bits per heavy atom. The number of rotatable bonds is 4. The number of carbonyl (C=O) groups is 2. The molecule has 1 saturated heterocycles. The first-order valence-electron chi connectivity index (χ1n) is 7.04. The van der Waals surface area contributed by atoms with E-state index in [4.69, 9.17) is 16.3 Å². The molecule has 0 aromatic heterocycles. The number of hydrogen-bond donors (Lipinski definition) is 1. The van der Waals surface area contributed by atoms with Crippen LogP contribution in [0, 0.1) is 5.82 Å². The van der Waals surface area contributed by atoms with Crippen molar-refractivity contribution in [2.24, 2.45) is 0 Å². The van der Waals surface area contributed by atoms with Gasteiger partial charge < -0.3 is 4.74 Å². The lowest BCUT2D eigenvalue weighted by Crippen LogP contribution is -2.17. The Hall–Kier alpha value is -1.83. The lowest BCUT2D eigenvalue weighted by molar-refractivity contribution is -0.115. The van der Waals surface area contributed by atoms with Crippen LogP contribution < -0.4 is 10.1 Å². The molecule has 0 saturated carbocycles. The summed E-state index contributed by atoms with van der Waals surface area (Å²) in [5.74, 6) is -0.485. The first-order valence-corrected chi connectivity index (χ1v) is 9.03. The Morgan fingerprint density at radius 1 is 1.28 bits per heavy atom. The van der Waals surface area contributed by atoms with Crippen LogP contribution in [0.4, 0.5) is 9.18 Å². The molecule has 0 atom stereocenters. The van der Waals surface area contributed by atoms with Crippen molar-refractivity contribution in [1.82, 2.24) is 5.32 Å².